The van der Waals surface area contributed by atoms with Crippen molar-refractivity contribution in [1.29, 1.82) is 0 Å². The van der Waals surface area contributed by atoms with E-state index in [9.17, 15) is 27.9 Å². The van der Waals surface area contributed by atoms with Gasteiger partial charge in [-0.2, -0.15) is 13.2 Å². The Balaban J connectivity index is 1.46. The maximum atomic E-state index is 13.6. The number of rotatable bonds is 8. The average Bonchev–Trinajstić information content (AvgIpc) is 3.31. The first-order valence-corrected chi connectivity index (χ1v) is 11.4. The number of pyridine rings is 1. The molecule has 2 aromatic carbocycles. The smallest absolute Gasteiger partial charge is 0.419 e. The summed E-state index contributed by atoms with van der Waals surface area (Å²) in [4.78, 5) is 27.6. The van der Waals surface area contributed by atoms with Crippen molar-refractivity contribution in [2.45, 2.75) is 38.1 Å². The molecule has 1 aromatic heterocycles. The van der Waals surface area contributed by atoms with Gasteiger partial charge >= 0.3 is 18.1 Å². The number of esters is 1. The zero-order valence-electron chi connectivity index (χ0n) is 19.1. The number of anilines is 3. The van der Waals surface area contributed by atoms with Crippen LogP contribution >= 0.6 is 0 Å². The quantitative estimate of drug-likeness (QED) is 0.334. The fraction of sp³-hybridized carbons (Fsp3) is 0.269. The van der Waals surface area contributed by atoms with E-state index in [0.29, 0.717) is 36.7 Å². The van der Waals surface area contributed by atoms with Gasteiger partial charge in [-0.05, 0) is 42.7 Å². The van der Waals surface area contributed by atoms with Gasteiger partial charge in [0.25, 0.3) is 0 Å². The number of carbonyl (C=O) groups excluding carboxylic acids is 1. The SMILES string of the molecule is O=C(OCc1ccccc1)c1ccc(Nc2cc(N[C@@H]3CCC[C@@H]3C(=O)O)c(C(F)(F)F)cn2)cc1. The number of hydrogen-bond acceptors (Lipinski definition) is 6. The van der Waals surface area contributed by atoms with E-state index in [1.807, 2.05) is 30.3 Å². The topological polar surface area (TPSA) is 101 Å². The molecule has 1 fully saturated rings. The Morgan fingerprint density at radius 1 is 1.06 bits per heavy atom. The van der Waals surface area contributed by atoms with Gasteiger partial charge in [0.15, 0.2) is 0 Å². The van der Waals surface area contributed by atoms with E-state index in [4.69, 9.17) is 4.74 Å². The Hall–Kier alpha value is -4.08. The largest absolute Gasteiger partial charge is 0.481 e. The summed E-state index contributed by atoms with van der Waals surface area (Å²) in [7, 11) is 0. The molecule has 10 heteroatoms. The first-order valence-electron chi connectivity index (χ1n) is 11.4. The fourth-order valence-corrected chi connectivity index (χ4v) is 4.14. The van der Waals surface area contributed by atoms with Crippen molar-refractivity contribution in [3.8, 4) is 0 Å². The van der Waals surface area contributed by atoms with Gasteiger partial charge in [-0.3, -0.25) is 4.79 Å². The highest BCUT2D eigenvalue weighted by Gasteiger charge is 2.38. The van der Waals surface area contributed by atoms with Gasteiger partial charge in [-0.25, -0.2) is 9.78 Å². The third kappa shape index (κ3) is 6.12. The zero-order valence-corrected chi connectivity index (χ0v) is 19.1. The van der Waals surface area contributed by atoms with Crippen molar-refractivity contribution in [3.63, 3.8) is 0 Å². The lowest BCUT2D eigenvalue weighted by Crippen LogP contribution is -2.30. The van der Waals surface area contributed by atoms with Crippen LogP contribution in [0.2, 0.25) is 0 Å². The van der Waals surface area contributed by atoms with Crippen LogP contribution in [0.25, 0.3) is 0 Å². The van der Waals surface area contributed by atoms with Crippen molar-refractivity contribution in [2.24, 2.45) is 5.92 Å². The molecule has 0 spiro atoms. The molecule has 7 nitrogen and oxygen atoms in total. The van der Waals surface area contributed by atoms with Crippen molar-refractivity contribution < 1.29 is 32.6 Å². The van der Waals surface area contributed by atoms with Crippen LogP contribution in [0.3, 0.4) is 0 Å². The van der Waals surface area contributed by atoms with Crippen LogP contribution in [0, 0.1) is 5.92 Å². The fourth-order valence-electron chi connectivity index (χ4n) is 4.14. The van der Waals surface area contributed by atoms with E-state index in [-0.39, 0.29) is 18.1 Å². The third-order valence-corrected chi connectivity index (χ3v) is 5.99. The van der Waals surface area contributed by atoms with Crippen LogP contribution in [-0.2, 0) is 22.3 Å². The first kappa shape index (κ1) is 25.0. The molecule has 0 amide bonds. The summed E-state index contributed by atoms with van der Waals surface area (Å²) in [6, 6.07) is 16.1. The summed E-state index contributed by atoms with van der Waals surface area (Å²) in [6.07, 6.45) is -2.46. The molecule has 1 heterocycles. The minimum absolute atomic E-state index is 0.134. The maximum absolute atomic E-state index is 13.6. The van der Waals surface area contributed by atoms with Crippen LogP contribution in [0.5, 0.6) is 0 Å². The molecule has 1 aliphatic rings. The molecule has 0 aliphatic heterocycles. The number of aliphatic carboxylic acids is 1. The van der Waals surface area contributed by atoms with E-state index < -0.39 is 35.6 Å². The minimum Gasteiger partial charge on any atom is -0.481 e. The third-order valence-electron chi connectivity index (χ3n) is 5.99. The predicted octanol–water partition coefficient (Wildman–Crippen LogP) is 5.87. The maximum Gasteiger partial charge on any atom is 0.419 e. The van der Waals surface area contributed by atoms with Gasteiger partial charge in [0.05, 0.1) is 22.7 Å². The van der Waals surface area contributed by atoms with E-state index in [2.05, 4.69) is 15.6 Å². The van der Waals surface area contributed by atoms with Gasteiger partial charge in [0, 0.05) is 24.0 Å². The molecule has 0 radical (unpaired) electrons. The zero-order chi connectivity index (χ0) is 25.7. The molecule has 36 heavy (non-hydrogen) atoms. The molecule has 3 N–H and O–H groups in total. The molecule has 0 saturated heterocycles. The number of ether oxygens (including phenoxy) is 1. The van der Waals surface area contributed by atoms with E-state index >= 15 is 0 Å². The summed E-state index contributed by atoms with van der Waals surface area (Å²) in [6.45, 7) is 0.134. The second-order valence-corrected chi connectivity index (χ2v) is 8.50. The molecule has 0 unspecified atom stereocenters. The summed E-state index contributed by atoms with van der Waals surface area (Å²) in [5.74, 6) is -2.16. The monoisotopic (exact) mass is 499 g/mol. The number of carboxylic acids is 1. The van der Waals surface area contributed by atoms with E-state index in [0.717, 1.165) is 5.56 Å². The van der Waals surface area contributed by atoms with Gasteiger partial charge in [0.2, 0.25) is 0 Å². The van der Waals surface area contributed by atoms with Crippen molar-refractivity contribution in [2.75, 3.05) is 10.6 Å². The van der Waals surface area contributed by atoms with Crippen molar-refractivity contribution in [3.05, 3.63) is 83.6 Å². The van der Waals surface area contributed by atoms with Crippen LogP contribution in [-0.4, -0.2) is 28.1 Å². The molecule has 0 bridgehead atoms. The Bertz CT molecular complexity index is 1220. The molecule has 1 aliphatic carbocycles. The van der Waals surface area contributed by atoms with E-state index in [1.165, 1.54) is 18.2 Å². The predicted molar refractivity (Wildman–Crippen MR) is 127 cm³/mol. The molecule has 4 rings (SSSR count). The van der Waals surface area contributed by atoms with Crippen LogP contribution in [0.15, 0.2) is 66.9 Å². The Morgan fingerprint density at radius 3 is 2.44 bits per heavy atom. The average molecular weight is 499 g/mol. The molecule has 188 valence electrons. The number of nitrogens with zero attached hydrogens (tertiary/aromatic N) is 1. The highest BCUT2D eigenvalue weighted by molar-refractivity contribution is 5.90. The van der Waals surface area contributed by atoms with Gasteiger partial charge < -0.3 is 20.5 Å². The molecule has 3 aromatic rings. The lowest BCUT2D eigenvalue weighted by Gasteiger charge is -2.22. The van der Waals surface area contributed by atoms with E-state index in [1.54, 1.807) is 12.1 Å². The Morgan fingerprint density at radius 2 is 1.78 bits per heavy atom. The molecular formula is C26H24F3N3O4. The standard InChI is InChI=1S/C26H24F3N3O4/c27-26(28,29)20-14-30-23(13-22(20)32-21-8-4-7-19(21)24(33)34)31-18-11-9-17(10-12-18)25(35)36-15-16-5-2-1-3-6-16/h1-3,5-6,9-14,19,21H,4,7-8,15H2,(H,33,34)(H2,30,31,32)/t19-,21+/m0/s1. The van der Waals surface area contributed by atoms with Crippen molar-refractivity contribution in [1.82, 2.24) is 4.98 Å². The number of hydrogen-bond donors (Lipinski definition) is 3. The van der Waals surface area contributed by atoms with Crippen LogP contribution in [0.4, 0.5) is 30.4 Å². The van der Waals surface area contributed by atoms with Crippen LogP contribution < -0.4 is 10.6 Å². The normalized spacial score (nSPS) is 17.4. The van der Waals surface area contributed by atoms with Gasteiger partial charge in [0.1, 0.15) is 12.4 Å². The number of halogens is 3. The lowest BCUT2D eigenvalue weighted by atomic mass is 10.0. The lowest BCUT2D eigenvalue weighted by molar-refractivity contribution is -0.141. The summed E-state index contributed by atoms with van der Waals surface area (Å²) >= 11 is 0. The number of aromatic nitrogens is 1. The summed E-state index contributed by atoms with van der Waals surface area (Å²) in [5, 5.41) is 15.1. The first-order chi connectivity index (χ1) is 17.2. The number of alkyl halides is 3. The highest BCUT2D eigenvalue weighted by atomic mass is 19.4. The van der Waals surface area contributed by atoms with Gasteiger partial charge in [-0.1, -0.05) is 36.8 Å². The molecular weight excluding hydrogens is 475 g/mol. The van der Waals surface area contributed by atoms with Crippen molar-refractivity contribution >= 4 is 29.1 Å². The summed E-state index contributed by atoms with van der Waals surface area (Å²) in [5.41, 5.74) is 0.464. The highest BCUT2D eigenvalue weighted by Crippen LogP contribution is 2.38. The second-order valence-electron chi connectivity index (χ2n) is 8.50. The Labute approximate surface area is 205 Å². The minimum atomic E-state index is -4.66. The van der Waals surface area contributed by atoms with Crippen LogP contribution in [0.1, 0.15) is 40.7 Å². The molecule has 2 atom stereocenters. The number of nitrogens with one attached hydrogen (secondary N) is 2. The number of carboxylic acid groups (broad SMARTS) is 1. The molecule has 1 saturated carbocycles. The van der Waals surface area contributed by atoms with Gasteiger partial charge in [-0.15, -0.1) is 0 Å². The second kappa shape index (κ2) is 10.7. The summed E-state index contributed by atoms with van der Waals surface area (Å²) < 4.78 is 46.0. The number of carbonyl (C=O) groups is 2. The number of benzene rings is 2. The Kier molecular flexibility index (Phi) is 7.42.